The summed E-state index contributed by atoms with van der Waals surface area (Å²) in [4.78, 5) is 8.61. The summed E-state index contributed by atoms with van der Waals surface area (Å²) in [5.41, 5.74) is 2.56. The third-order valence-electron chi connectivity index (χ3n) is 6.15. The van der Waals surface area contributed by atoms with Crippen molar-refractivity contribution in [1.82, 2.24) is 19.9 Å². The topological polar surface area (TPSA) is 102 Å². The Bertz CT molecular complexity index is 1070. The maximum atomic E-state index is 10.8. The van der Waals surface area contributed by atoms with Crippen molar-refractivity contribution in [2.24, 2.45) is 0 Å². The van der Waals surface area contributed by atoms with Gasteiger partial charge in [0.15, 0.2) is 0 Å². The minimum absolute atomic E-state index is 0.237. The number of nitrogens with zero attached hydrogens (tertiary/aromatic N) is 3. The van der Waals surface area contributed by atoms with E-state index in [9.17, 15) is 10.2 Å². The van der Waals surface area contributed by atoms with Crippen LogP contribution in [0.25, 0.3) is 11.0 Å². The normalized spacial score (nSPS) is 28.7. The second-order valence-electron chi connectivity index (χ2n) is 8.19. The Balaban J connectivity index is 1.42. The monoisotopic (exact) mass is 410 g/mol. The average Bonchev–Trinajstić information content (AvgIpc) is 3.21. The molecule has 1 aliphatic heterocycles. The number of rotatable bonds is 3. The molecule has 30 heavy (non-hydrogen) atoms. The van der Waals surface area contributed by atoms with Crippen LogP contribution in [0, 0.1) is 6.92 Å². The molecule has 0 radical (unpaired) electrons. The van der Waals surface area contributed by atoms with Gasteiger partial charge in [-0.15, -0.1) is 0 Å². The highest BCUT2D eigenvalue weighted by molar-refractivity contribution is 5.78. The molecule has 8 heteroatoms. The van der Waals surface area contributed by atoms with E-state index in [1.807, 2.05) is 42.0 Å². The molecule has 3 aromatic rings. The van der Waals surface area contributed by atoms with Gasteiger partial charge in [-0.2, -0.15) is 0 Å². The highest BCUT2D eigenvalue weighted by Gasteiger charge is 2.44. The van der Waals surface area contributed by atoms with Crippen molar-refractivity contribution in [3.8, 4) is 11.5 Å². The van der Waals surface area contributed by atoms with E-state index >= 15 is 0 Å². The van der Waals surface area contributed by atoms with E-state index in [1.54, 1.807) is 0 Å². The number of aliphatic hydroxyl groups is 2. The van der Waals surface area contributed by atoms with E-state index in [1.165, 1.54) is 6.33 Å². The highest BCUT2D eigenvalue weighted by atomic mass is 16.5. The number of hydrogen-bond donors (Lipinski definition) is 3. The number of aryl methyl sites for hydroxylation is 1. The first-order chi connectivity index (χ1) is 14.5. The molecule has 0 amide bonds. The van der Waals surface area contributed by atoms with E-state index in [2.05, 4.69) is 22.2 Å². The molecule has 0 bridgehead atoms. The second-order valence-corrected chi connectivity index (χ2v) is 8.19. The summed E-state index contributed by atoms with van der Waals surface area (Å²) in [7, 11) is 0. The molecule has 2 aromatic heterocycles. The van der Waals surface area contributed by atoms with Crippen LogP contribution in [-0.2, 0) is 6.54 Å². The lowest BCUT2D eigenvalue weighted by molar-refractivity contribution is -0.0166. The summed E-state index contributed by atoms with van der Waals surface area (Å²) in [5, 5.41) is 25.9. The van der Waals surface area contributed by atoms with E-state index in [0.29, 0.717) is 25.3 Å². The number of fused-ring (bicyclic) bond motifs is 2. The van der Waals surface area contributed by atoms with Crippen LogP contribution in [-0.4, -0.2) is 55.7 Å². The minimum Gasteiger partial charge on any atom is -0.491 e. The molecule has 2 aliphatic rings. The lowest BCUT2D eigenvalue weighted by atomic mass is 10.1. The van der Waals surface area contributed by atoms with Crippen molar-refractivity contribution in [3.05, 3.63) is 48.0 Å². The average molecular weight is 410 g/mol. The van der Waals surface area contributed by atoms with Crippen molar-refractivity contribution < 1.29 is 19.7 Å². The molecule has 1 unspecified atom stereocenters. The first-order valence-electron chi connectivity index (χ1n) is 10.3. The number of hydrogen-bond acceptors (Lipinski definition) is 7. The lowest BCUT2D eigenvalue weighted by Crippen LogP contribution is -2.34. The summed E-state index contributed by atoms with van der Waals surface area (Å²) < 4.78 is 14.0. The van der Waals surface area contributed by atoms with E-state index in [4.69, 9.17) is 9.47 Å². The molecule has 0 spiro atoms. The summed E-state index contributed by atoms with van der Waals surface area (Å²) in [6, 6.07) is 7.54. The maximum absolute atomic E-state index is 10.8. The van der Waals surface area contributed by atoms with Crippen molar-refractivity contribution >= 4 is 11.0 Å². The molecule has 1 aliphatic carbocycles. The number of benzene rings is 1. The molecule has 1 fully saturated rings. The Hall–Kier alpha value is -2.68. The Morgan fingerprint density at radius 1 is 1.20 bits per heavy atom. The molecule has 0 saturated heterocycles. The van der Waals surface area contributed by atoms with Gasteiger partial charge in [0.05, 0.1) is 11.7 Å². The number of nitrogens with one attached hydrogen (secondary N) is 1. The molecule has 5 rings (SSSR count). The van der Waals surface area contributed by atoms with Crippen LogP contribution in [0.4, 0.5) is 0 Å². The standard InChI is InChI=1S/C22H26N4O4/c1-12-10-29-17-4-3-5-18(15(17)9-23-12)30-19-8-16(20(27)21(19)28)26-7-6-14-13(2)24-11-25-22(14)26/h3-7,11-12,16,19-21,23,27-28H,8-10H2,1-2H3/t12-,16+,19-,20?,21+/m0/s1. The van der Waals surface area contributed by atoms with Gasteiger partial charge < -0.3 is 29.6 Å². The van der Waals surface area contributed by atoms with Crippen LogP contribution in [0.5, 0.6) is 11.5 Å². The minimum atomic E-state index is -1.01. The summed E-state index contributed by atoms with van der Waals surface area (Å²) in [6.45, 7) is 5.21. The van der Waals surface area contributed by atoms with Gasteiger partial charge in [0.1, 0.15) is 48.4 Å². The first kappa shape index (κ1) is 19.3. The second kappa shape index (κ2) is 7.54. The SMILES string of the molecule is Cc1ncnc2c1ccn2[C@@H]1C[C@H](Oc2cccc3c2CN[C@@H](C)CO3)[C@@H](O)C1O. The molecule has 158 valence electrons. The Morgan fingerprint density at radius 3 is 2.93 bits per heavy atom. The van der Waals surface area contributed by atoms with Gasteiger partial charge in [-0.3, -0.25) is 0 Å². The van der Waals surface area contributed by atoms with Crippen LogP contribution in [0.3, 0.4) is 0 Å². The molecular formula is C22H26N4O4. The van der Waals surface area contributed by atoms with Gasteiger partial charge in [-0.1, -0.05) is 6.07 Å². The predicted molar refractivity (Wildman–Crippen MR) is 111 cm³/mol. The smallest absolute Gasteiger partial charge is 0.143 e. The summed E-state index contributed by atoms with van der Waals surface area (Å²) in [6.07, 6.45) is 1.36. The molecular weight excluding hydrogens is 384 g/mol. The predicted octanol–water partition coefficient (Wildman–Crippen LogP) is 1.72. The number of aromatic nitrogens is 3. The fourth-order valence-corrected chi connectivity index (χ4v) is 4.40. The van der Waals surface area contributed by atoms with Gasteiger partial charge in [-0.05, 0) is 32.0 Å². The van der Waals surface area contributed by atoms with Crippen molar-refractivity contribution in [3.63, 3.8) is 0 Å². The zero-order chi connectivity index (χ0) is 20.8. The van der Waals surface area contributed by atoms with Crippen molar-refractivity contribution in [1.29, 1.82) is 0 Å². The molecule has 3 heterocycles. The third kappa shape index (κ3) is 3.21. The van der Waals surface area contributed by atoms with Crippen LogP contribution >= 0.6 is 0 Å². The molecule has 8 nitrogen and oxygen atoms in total. The number of ether oxygens (including phenoxy) is 2. The Morgan fingerprint density at radius 2 is 2.07 bits per heavy atom. The summed E-state index contributed by atoms with van der Waals surface area (Å²) >= 11 is 0. The van der Waals surface area contributed by atoms with Gasteiger partial charge in [0.25, 0.3) is 0 Å². The molecule has 5 atom stereocenters. The Kier molecular flexibility index (Phi) is 4.85. The van der Waals surface area contributed by atoms with Crippen LogP contribution in [0.2, 0.25) is 0 Å². The van der Waals surface area contributed by atoms with Gasteiger partial charge in [0.2, 0.25) is 0 Å². The maximum Gasteiger partial charge on any atom is 0.143 e. The van der Waals surface area contributed by atoms with Gasteiger partial charge in [-0.25, -0.2) is 9.97 Å². The van der Waals surface area contributed by atoms with Crippen molar-refractivity contribution in [2.45, 2.75) is 57.2 Å². The van der Waals surface area contributed by atoms with E-state index < -0.39 is 18.3 Å². The van der Waals surface area contributed by atoms with E-state index in [0.717, 1.165) is 28.0 Å². The molecule has 1 aromatic carbocycles. The lowest BCUT2D eigenvalue weighted by Gasteiger charge is -2.21. The third-order valence-corrected chi connectivity index (χ3v) is 6.15. The highest BCUT2D eigenvalue weighted by Crippen LogP contribution is 2.38. The van der Waals surface area contributed by atoms with Crippen LogP contribution < -0.4 is 14.8 Å². The molecule has 3 N–H and O–H groups in total. The quantitative estimate of drug-likeness (QED) is 0.604. The largest absolute Gasteiger partial charge is 0.491 e. The number of aliphatic hydroxyl groups excluding tert-OH is 2. The fourth-order valence-electron chi connectivity index (χ4n) is 4.40. The first-order valence-corrected chi connectivity index (χ1v) is 10.3. The zero-order valence-corrected chi connectivity index (χ0v) is 17.0. The Labute approximate surface area is 174 Å². The van der Waals surface area contributed by atoms with E-state index in [-0.39, 0.29) is 12.1 Å². The fraction of sp³-hybridized carbons (Fsp3) is 0.455. The van der Waals surface area contributed by atoms with Gasteiger partial charge >= 0.3 is 0 Å². The van der Waals surface area contributed by atoms with Crippen molar-refractivity contribution in [2.75, 3.05) is 6.61 Å². The molecule has 1 saturated carbocycles. The summed E-state index contributed by atoms with van der Waals surface area (Å²) in [5.74, 6) is 1.46. The van der Waals surface area contributed by atoms with Crippen LogP contribution in [0.1, 0.15) is 30.6 Å². The zero-order valence-electron chi connectivity index (χ0n) is 17.0. The van der Waals surface area contributed by atoms with Gasteiger partial charge in [0, 0.05) is 36.2 Å². The van der Waals surface area contributed by atoms with Crippen LogP contribution in [0.15, 0.2) is 36.8 Å².